The maximum Gasteiger partial charge on any atom is 0.262 e. The molecule has 1 aromatic rings. The average Bonchev–Trinajstić information content (AvgIpc) is 2.25. The van der Waals surface area contributed by atoms with Gasteiger partial charge >= 0.3 is 0 Å². The van der Waals surface area contributed by atoms with E-state index in [0.29, 0.717) is 17.5 Å². The summed E-state index contributed by atoms with van der Waals surface area (Å²) in [7, 11) is 1.29. The van der Waals surface area contributed by atoms with E-state index in [-0.39, 0.29) is 17.1 Å². The van der Waals surface area contributed by atoms with Crippen molar-refractivity contribution < 1.29 is 13.5 Å². The number of halogens is 1. The fourth-order valence-electron chi connectivity index (χ4n) is 1.43. The molecule has 0 fully saturated rings. The Labute approximate surface area is 98.5 Å². The summed E-state index contributed by atoms with van der Waals surface area (Å²) in [6.45, 7) is 1.59. The highest BCUT2D eigenvalue weighted by atomic mass is 35.7. The molecule has 0 unspecified atom stereocenters. The highest BCUT2D eigenvalue weighted by molar-refractivity contribution is 8.13. The van der Waals surface area contributed by atoms with Gasteiger partial charge in [0.1, 0.15) is 11.0 Å². The van der Waals surface area contributed by atoms with Crippen LogP contribution < -0.4 is 0 Å². The van der Waals surface area contributed by atoms with E-state index in [2.05, 4.69) is 0 Å². The van der Waals surface area contributed by atoms with Gasteiger partial charge in [-0.25, -0.2) is 8.42 Å². The lowest BCUT2D eigenvalue weighted by Gasteiger charge is -2.08. The minimum absolute atomic E-state index is 0.0451. The number of aliphatic hydroxyl groups is 1. The van der Waals surface area contributed by atoms with Crippen LogP contribution >= 0.6 is 10.7 Å². The minimum Gasteiger partial charge on any atom is -0.392 e. The summed E-state index contributed by atoms with van der Waals surface area (Å²) in [6.07, 6.45) is 0.557. The number of aryl methyl sites for hydroxylation is 1. The van der Waals surface area contributed by atoms with Crippen LogP contribution in [0.25, 0.3) is 0 Å². The van der Waals surface area contributed by atoms with E-state index in [4.69, 9.17) is 21.1 Å². The Morgan fingerprint density at radius 2 is 2.06 bits per heavy atom. The van der Waals surface area contributed by atoms with Gasteiger partial charge in [-0.1, -0.05) is 6.92 Å². The van der Waals surface area contributed by atoms with Crippen LogP contribution in [-0.2, 0) is 22.1 Å². The Morgan fingerprint density at radius 1 is 1.44 bits per heavy atom. The van der Waals surface area contributed by atoms with E-state index in [9.17, 15) is 8.42 Å². The molecule has 0 bridgehead atoms. The molecule has 86 valence electrons. The predicted molar refractivity (Wildman–Crippen MR) is 59.5 cm³/mol. The fourth-order valence-corrected chi connectivity index (χ4v) is 2.47. The molecule has 0 aliphatic heterocycles. The summed E-state index contributed by atoms with van der Waals surface area (Å²) in [5.74, 6) is 0. The van der Waals surface area contributed by atoms with Crippen molar-refractivity contribution in [3.63, 3.8) is 0 Å². The second-order valence-electron chi connectivity index (χ2n) is 3.18. The smallest absolute Gasteiger partial charge is 0.262 e. The van der Waals surface area contributed by atoms with Gasteiger partial charge in [0.2, 0.25) is 0 Å². The molecule has 0 heterocycles. The van der Waals surface area contributed by atoms with Crippen molar-refractivity contribution in [1.29, 1.82) is 5.26 Å². The van der Waals surface area contributed by atoms with Crippen molar-refractivity contribution in [3.05, 3.63) is 28.8 Å². The number of nitriles is 1. The van der Waals surface area contributed by atoms with Gasteiger partial charge in [0, 0.05) is 10.7 Å². The van der Waals surface area contributed by atoms with Gasteiger partial charge in [0.05, 0.1) is 12.2 Å². The first kappa shape index (κ1) is 13.0. The number of aliphatic hydroxyl groups excluding tert-OH is 1. The van der Waals surface area contributed by atoms with Crippen molar-refractivity contribution in [3.8, 4) is 6.07 Å². The van der Waals surface area contributed by atoms with Crippen molar-refractivity contribution in [1.82, 2.24) is 0 Å². The van der Waals surface area contributed by atoms with Crippen LogP contribution in [0.3, 0.4) is 0 Å². The molecule has 6 heteroatoms. The first-order chi connectivity index (χ1) is 7.43. The third-order valence-corrected chi connectivity index (χ3v) is 3.60. The van der Waals surface area contributed by atoms with E-state index in [1.165, 1.54) is 12.1 Å². The SMILES string of the molecule is CCc1cc(S(=O)(=O)Cl)c(C#N)cc1CO. The van der Waals surface area contributed by atoms with Crippen molar-refractivity contribution in [2.24, 2.45) is 0 Å². The molecule has 0 radical (unpaired) electrons. The third-order valence-electron chi connectivity index (χ3n) is 2.24. The van der Waals surface area contributed by atoms with Crippen LogP contribution in [0, 0.1) is 11.3 Å². The summed E-state index contributed by atoms with van der Waals surface area (Å²) in [4.78, 5) is -0.203. The molecule has 1 rings (SSSR count). The number of benzene rings is 1. The van der Waals surface area contributed by atoms with E-state index >= 15 is 0 Å². The first-order valence-electron chi connectivity index (χ1n) is 4.55. The molecular formula is C10H10ClNO3S. The number of hydrogen-bond donors (Lipinski definition) is 1. The zero-order valence-corrected chi connectivity index (χ0v) is 10.1. The first-order valence-corrected chi connectivity index (χ1v) is 6.86. The van der Waals surface area contributed by atoms with E-state index < -0.39 is 9.05 Å². The molecule has 0 amide bonds. The summed E-state index contributed by atoms with van der Waals surface area (Å²) < 4.78 is 22.5. The van der Waals surface area contributed by atoms with Gasteiger partial charge < -0.3 is 5.11 Å². The molecule has 0 atom stereocenters. The third kappa shape index (κ3) is 2.53. The summed E-state index contributed by atoms with van der Waals surface area (Å²) in [5.41, 5.74) is 1.17. The summed E-state index contributed by atoms with van der Waals surface area (Å²) in [5, 5.41) is 17.9. The molecular weight excluding hydrogens is 250 g/mol. The number of rotatable bonds is 3. The van der Waals surface area contributed by atoms with Gasteiger partial charge in [0.15, 0.2) is 0 Å². The van der Waals surface area contributed by atoms with Gasteiger partial charge in [-0.2, -0.15) is 5.26 Å². The molecule has 0 aliphatic rings. The fraction of sp³-hybridized carbons (Fsp3) is 0.300. The summed E-state index contributed by atoms with van der Waals surface area (Å²) >= 11 is 0. The largest absolute Gasteiger partial charge is 0.392 e. The van der Waals surface area contributed by atoms with Crippen molar-refractivity contribution >= 4 is 19.7 Å². The normalized spacial score (nSPS) is 11.1. The molecule has 16 heavy (non-hydrogen) atoms. The monoisotopic (exact) mass is 259 g/mol. The van der Waals surface area contributed by atoms with E-state index in [0.717, 1.165) is 0 Å². The molecule has 0 spiro atoms. The van der Waals surface area contributed by atoms with Gasteiger partial charge in [-0.05, 0) is 29.7 Å². The highest BCUT2D eigenvalue weighted by Gasteiger charge is 2.18. The second kappa shape index (κ2) is 4.83. The molecule has 1 aromatic carbocycles. The Kier molecular flexibility index (Phi) is 3.92. The van der Waals surface area contributed by atoms with E-state index in [1.54, 1.807) is 6.07 Å². The summed E-state index contributed by atoms with van der Waals surface area (Å²) in [6, 6.07) is 4.45. The topological polar surface area (TPSA) is 78.2 Å². The van der Waals surface area contributed by atoms with Gasteiger partial charge in [-0.3, -0.25) is 0 Å². The van der Waals surface area contributed by atoms with Crippen LogP contribution in [0.1, 0.15) is 23.6 Å². The standard InChI is InChI=1S/C10H10ClNO3S/c1-2-7-4-10(16(11,14)15)8(5-12)3-9(7)6-13/h3-4,13H,2,6H2,1H3. The maximum absolute atomic E-state index is 11.2. The van der Waals surface area contributed by atoms with Crippen LogP contribution in [0.15, 0.2) is 17.0 Å². The minimum atomic E-state index is -3.94. The van der Waals surface area contributed by atoms with Crippen LogP contribution in [-0.4, -0.2) is 13.5 Å². The Morgan fingerprint density at radius 3 is 2.44 bits per heavy atom. The van der Waals surface area contributed by atoms with Gasteiger partial charge in [0.25, 0.3) is 9.05 Å². The zero-order valence-electron chi connectivity index (χ0n) is 8.57. The molecule has 0 saturated carbocycles. The lowest BCUT2D eigenvalue weighted by molar-refractivity contribution is 0.280. The lowest BCUT2D eigenvalue weighted by Crippen LogP contribution is -2.01. The quantitative estimate of drug-likeness (QED) is 0.835. The molecule has 1 N–H and O–H groups in total. The average molecular weight is 260 g/mol. The predicted octanol–water partition coefficient (Wildman–Crippen LogP) is 1.54. The number of hydrogen-bond acceptors (Lipinski definition) is 4. The highest BCUT2D eigenvalue weighted by Crippen LogP contribution is 2.24. The Hall–Kier alpha value is -1.09. The maximum atomic E-state index is 11.2. The van der Waals surface area contributed by atoms with Gasteiger partial charge in [-0.15, -0.1) is 0 Å². The van der Waals surface area contributed by atoms with Crippen LogP contribution in [0.2, 0.25) is 0 Å². The molecule has 4 nitrogen and oxygen atoms in total. The lowest BCUT2D eigenvalue weighted by atomic mass is 10.0. The Bertz CT molecular complexity index is 546. The molecule has 0 aliphatic carbocycles. The second-order valence-corrected chi connectivity index (χ2v) is 5.71. The Balaban J connectivity index is 3.58. The van der Waals surface area contributed by atoms with Crippen molar-refractivity contribution in [2.45, 2.75) is 24.8 Å². The van der Waals surface area contributed by atoms with Crippen LogP contribution in [0.4, 0.5) is 0 Å². The zero-order chi connectivity index (χ0) is 12.3. The molecule has 0 aromatic heterocycles. The number of nitrogens with zero attached hydrogens (tertiary/aromatic N) is 1. The van der Waals surface area contributed by atoms with Crippen molar-refractivity contribution in [2.75, 3.05) is 0 Å². The molecule has 0 saturated heterocycles. The van der Waals surface area contributed by atoms with Crippen LogP contribution in [0.5, 0.6) is 0 Å². The van der Waals surface area contributed by atoms with E-state index in [1.807, 2.05) is 6.92 Å².